The summed E-state index contributed by atoms with van der Waals surface area (Å²) in [4.78, 5) is 0. The monoisotopic (exact) mass is 189 g/mol. The van der Waals surface area contributed by atoms with Gasteiger partial charge in [0.1, 0.15) is 0 Å². The van der Waals surface area contributed by atoms with Crippen LogP contribution in [0.25, 0.3) is 10.9 Å². The van der Waals surface area contributed by atoms with Gasteiger partial charge in [-0.25, -0.2) is 0 Å². The van der Waals surface area contributed by atoms with Crippen molar-refractivity contribution < 1.29 is 0 Å². The highest BCUT2D eigenvalue weighted by molar-refractivity contribution is 5.84. The molecular weight excluding hydrogens is 174 g/mol. The SMILES string of the molecule is Cc1cc(N)cc2cn(C(C)C)nc12. The zero-order valence-corrected chi connectivity index (χ0v) is 8.78. The summed E-state index contributed by atoms with van der Waals surface area (Å²) in [5.74, 6) is 0. The standard InChI is InChI=1S/C11H15N3/c1-7(2)14-6-9-5-10(12)4-8(3)11(9)13-14/h4-7H,12H2,1-3H3. The molecule has 0 saturated carbocycles. The molecule has 0 spiro atoms. The van der Waals surface area contributed by atoms with E-state index in [1.165, 1.54) is 0 Å². The van der Waals surface area contributed by atoms with Crippen LogP contribution in [0.4, 0.5) is 5.69 Å². The van der Waals surface area contributed by atoms with Crippen molar-refractivity contribution in [1.82, 2.24) is 9.78 Å². The number of hydrogen-bond donors (Lipinski definition) is 1. The fourth-order valence-corrected chi connectivity index (χ4v) is 1.62. The summed E-state index contributed by atoms with van der Waals surface area (Å²) < 4.78 is 1.97. The predicted molar refractivity (Wildman–Crippen MR) is 59.3 cm³/mol. The first-order valence-corrected chi connectivity index (χ1v) is 4.83. The maximum Gasteiger partial charge on any atom is 0.0954 e. The average Bonchev–Trinajstić information content (AvgIpc) is 2.47. The molecule has 1 aromatic carbocycles. The van der Waals surface area contributed by atoms with Crippen LogP contribution in [0.2, 0.25) is 0 Å². The lowest BCUT2D eigenvalue weighted by Gasteiger charge is -2.02. The number of hydrogen-bond acceptors (Lipinski definition) is 2. The summed E-state index contributed by atoms with van der Waals surface area (Å²) in [5.41, 5.74) is 8.76. The van der Waals surface area contributed by atoms with E-state index in [2.05, 4.69) is 18.9 Å². The lowest BCUT2D eigenvalue weighted by atomic mass is 10.1. The Hall–Kier alpha value is -1.51. The third kappa shape index (κ3) is 1.35. The number of nitrogen functional groups attached to an aromatic ring is 1. The molecule has 3 nitrogen and oxygen atoms in total. The molecular formula is C11H15N3. The second-order valence-corrected chi connectivity index (χ2v) is 3.98. The average molecular weight is 189 g/mol. The van der Waals surface area contributed by atoms with Gasteiger partial charge in [0.05, 0.1) is 5.52 Å². The van der Waals surface area contributed by atoms with Crippen molar-refractivity contribution in [2.75, 3.05) is 5.73 Å². The minimum Gasteiger partial charge on any atom is -0.399 e. The summed E-state index contributed by atoms with van der Waals surface area (Å²) in [7, 11) is 0. The van der Waals surface area contributed by atoms with E-state index in [0.29, 0.717) is 6.04 Å². The number of aryl methyl sites for hydroxylation is 1. The van der Waals surface area contributed by atoms with Gasteiger partial charge in [0.2, 0.25) is 0 Å². The number of nitrogens with two attached hydrogens (primary N) is 1. The second-order valence-electron chi connectivity index (χ2n) is 3.98. The molecule has 0 radical (unpaired) electrons. The molecule has 2 rings (SSSR count). The summed E-state index contributed by atoms with van der Waals surface area (Å²) in [5, 5.41) is 5.64. The molecule has 1 aromatic heterocycles. The van der Waals surface area contributed by atoms with Crippen LogP contribution in [0.3, 0.4) is 0 Å². The van der Waals surface area contributed by atoms with Crippen LogP contribution in [0.1, 0.15) is 25.5 Å². The third-order valence-corrected chi connectivity index (χ3v) is 2.37. The van der Waals surface area contributed by atoms with E-state index in [9.17, 15) is 0 Å². The molecule has 0 bridgehead atoms. The van der Waals surface area contributed by atoms with Gasteiger partial charge in [-0.05, 0) is 38.5 Å². The zero-order valence-electron chi connectivity index (χ0n) is 8.78. The smallest absolute Gasteiger partial charge is 0.0954 e. The number of anilines is 1. The Morgan fingerprint density at radius 2 is 2.07 bits per heavy atom. The summed E-state index contributed by atoms with van der Waals surface area (Å²) >= 11 is 0. The summed E-state index contributed by atoms with van der Waals surface area (Å²) in [6.45, 7) is 6.27. The van der Waals surface area contributed by atoms with Crippen LogP contribution in [-0.4, -0.2) is 9.78 Å². The van der Waals surface area contributed by atoms with Crippen molar-refractivity contribution in [2.24, 2.45) is 0 Å². The fraction of sp³-hybridized carbons (Fsp3) is 0.364. The molecule has 0 saturated heterocycles. The first-order valence-electron chi connectivity index (χ1n) is 4.83. The van der Waals surface area contributed by atoms with Gasteiger partial charge < -0.3 is 5.73 Å². The highest BCUT2D eigenvalue weighted by Crippen LogP contribution is 2.21. The quantitative estimate of drug-likeness (QED) is 0.700. The maximum atomic E-state index is 5.77. The number of benzene rings is 1. The van der Waals surface area contributed by atoms with Crippen LogP contribution in [0, 0.1) is 6.92 Å². The Balaban J connectivity index is 2.70. The van der Waals surface area contributed by atoms with E-state index >= 15 is 0 Å². The van der Waals surface area contributed by atoms with E-state index in [0.717, 1.165) is 22.2 Å². The molecule has 0 aliphatic carbocycles. The summed E-state index contributed by atoms with van der Waals surface area (Å²) in [6, 6.07) is 4.32. The molecule has 1 heterocycles. The number of nitrogens with zero attached hydrogens (tertiary/aromatic N) is 2. The van der Waals surface area contributed by atoms with Gasteiger partial charge in [-0.2, -0.15) is 5.10 Å². The highest BCUT2D eigenvalue weighted by Gasteiger charge is 2.06. The van der Waals surface area contributed by atoms with Gasteiger partial charge in [-0.15, -0.1) is 0 Å². The van der Waals surface area contributed by atoms with Gasteiger partial charge in [-0.3, -0.25) is 4.68 Å². The third-order valence-electron chi connectivity index (χ3n) is 2.37. The zero-order chi connectivity index (χ0) is 10.3. The Labute approximate surface area is 83.5 Å². The molecule has 0 aliphatic heterocycles. The normalized spacial score (nSPS) is 11.4. The van der Waals surface area contributed by atoms with E-state index in [4.69, 9.17) is 5.73 Å². The van der Waals surface area contributed by atoms with Crippen LogP contribution >= 0.6 is 0 Å². The Kier molecular flexibility index (Phi) is 1.95. The van der Waals surface area contributed by atoms with Crippen molar-refractivity contribution in [3.8, 4) is 0 Å². The van der Waals surface area contributed by atoms with Crippen molar-refractivity contribution in [1.29, 1.82) is 0 Å². The van der Waals surface area contributed by atoms with Crippen molar-refractivity contribution in [2.45, 2.75) is 26.8 Å². The summed E-state index contributed by atoms with van der Waals surface area (Å²) in [6.07, 6.45) is 2.04. The lowest BCUT2D eigenvalue weighted by Crippen LogP contribution is -2.00. The molecule has 2 aromatic rings. The molecule has 0 atom stereocenters. The minimum atomic E-state index is 0.392. The van der Waals surface area contributed by atoms with Crippen molar-refractivity contribution >= 4 is 16.6 Å². The van der Waals surface area contributed by atoms with Crippen LogP contribution < -0.4 is 5.73 Å². The van der Waals surface area contributed by atoms with Crippen molar-refractivity contribution in [3.63, 3.8) is 0 Å². The Morgan fingerprint density at radius 3 is 2.71 bits per heavy atom. The molecule has 0 fully saturated rings. The molecule has 0 unspecified atom stereocenters. The number of rotatable bonds is 1. The van der Waals surface area contributed by atoms with Crippen LogP contribution in [-0.2, 0) is 0 Å². The van der Waals surface area contributed by atoms with E-state index in [-0.39, 0.29) is 0 Å². The minimum absolute atomic E-state index is 0.392. The van der Waals surface area contributed by atoms with Gasteiger partial charge in [0.25, 0.3) is 0 Å². The van der Waals surface area contributed by atoms with E-state index in [1.807, 2.05) is 29.9 Å². The molecule has 0 amide bonds. The van der Waals surface area contributed by atoms with E-state index in [1.54, 1.807) is 0 Å². The predicted octanol–water partition coefficient (Wildman–Crippen LogP) is 2.51. The maximum absolute atomic E-state index is 5.77. The van der Waals surface area contributed by atoms with Crippen LogP contribution in [0.15, 0.2) is 18.3 Å². The molecule has 74 valence electrons. The fourth-order valence-electron chi connectivity index (χ4n) is 1.62. The number of aromatic nitrogens is 2. The van der Waals surface area contributed by atoms with Gasteiger partial charge >= 0.3 is 0 Å². The van der Waals surface area contributed by atoms with Crippen molar-refractivity contribution in [3.05, 3.63) is 23.9 Å². The van der Waals surface area contributed by atoms with Gasteiger partial charge in [0, 0.05) is 23.3 Å². The van der Waals surface area contributed by atoms with Gasteiger partial charge in [0.15, 0.2) is 0 Å². The Bertz CT molecular complexity index is 469. The number of fused-ring (bicyclic) bond motifs is 1. The topological polar surface area (TPSA) is 43.8 Å². The first-order chi connectivity index (χ1) is 6.58. The lowest BCUT2D eigenvalue weighted by molar-refractivity contribution is 0.537. The van der Waals surface area contributed by atoms with E-state index < -0.39 is 0 Å². The largest absolute Gasteiger partial charge is 0.399 e. The van der Waals surface area contributed by atoms with Crippen LogP contribution in [0.5, 0.6) is 0 Å². The first kappa shape index (κ1) is 9.06. The second kappa shape index (κ2) is 3.01. The Morgan fingerprint density at radius 1 is 1.36 bits per heavy atom. The highest BCUT2D eigenvalue weighted by atomic mass is 15.3. The molecule has 3 heteroatoms. The molecule has 2 N–H and O–H groups in total. The molecule has 14 heavy (non-hydrogen) atoms. The van der Waals surface area contributed by atoms with Gasteiger partial charge in [-0.1, -0.05) is 0 Å². The molecule has 0 aliphatic rings.